The van der Waals surface area contributed by atoms with Crippen LogP contribution >= 0.6 is 0 Å². The van der Waals surface area contributed by atoms with Crippen LogP contribution in [0.1, 0.15) is 30.9 Å². The molecule has 2 rings (SSSR count). The molecule has 0 fully saturated rings. The molecular weight excluding hydrogens is 406 g/mol. The molecule has 0 spiro atoms. The lowest BCUT2D eigenvalue weighted by atomic mass is 9.92. The van der Waals surface area contributed by atoms with E-state index in [4.69, 9.17) is 0 Å². The van der Waals surface area contributed by atoms with E-state index in [1.165, 1.54) is 6.07 Å². The zero-order valence-electron chi connectivity index (χ0n) is 16.4. The minimum Gasteiger partial charge on any atom is -0.426 e. The van der Waals surface area contributed by atoms with Crippen molar-refractivity contribution in [3.63, 3.8) is 0 Å². The number of hydrogen-bond acceptors (Lipinski definition) is 1. The largest absolute Gasteiger partial charge is 0.426 e. The minimum atomic E-state index is -4.03. The second kappa shape index (κ2) is 9.87. The Morgan fingerprint density at radius 3 is 2.60 bits per heavy atom. The fourth-order valence-electron chi connectivity index (χ4n) is 2.80. The Balaban J connectivity index is 2.23. The van der Waals surface area contributed by atoms with Gasteiger partial charge >= 0.3 is 6.11 Å². The van der Waals surface area contributed by atoms with Crippen LogP contribution in [0.5, 0.6) is 0 Å². The van der Waals surface area contributed by atoms with Crippen LogP contribution in [0, 0.1) is 5.82 Å². The molecule has 162 valence electrons. The summed E-state index contributed by atoms with van der Waals surface area (Å²) in [5.41, 5.74) is -0.159. The van der Waals surface area contributed by atoms with Crippen molar-refractivity contribution >= 4 is 0 Å². The maximum absolute atomic E-state index is 14.5. The predicted octanol–water partition coefficient (Wildman–Crippen LogP) is 7.33. The summed E-state index contributed by atoms with van der Waals surface area (Å²) in [4.78, 5) is 0. The molecule has 1 aromatic carbocycles. The van der Waals surface area contributed by atoms with Crippen molar-refractivity contribution in [2.75, 3.05) is 0 Å². The zero-order chi connectivity index (χ0) is 22.5. The van der Waals surface area contributed by atoms with Gasteiger partial charge in [-0.1, -0.05) is 24.8 Å². The van der Waals surface area contributed by atoms with E-state index in [0.29, 0.717) is 18.9 Å². The lowest BCUT2D eigenvalue weighted by Gasteiger charge is -2.21. The lowest BCUT2D eigenvalue weighted by molar-refractivity contribution is -0.222. The molecule has 0 aromatic heterocycles. The molecule has 2 unspecified atom stereocenters. The highest BCUT2D eigenvalue weighted by Gasteiger charge is 2.36. The van der Waals surface area contributed by atoms with Crippen LogP contribution in [0.3, 0.4) is 0 Å². The number of allylic oxidation sites excluding steroid dienone is 7. The summed E-state index contributed by atoms with van der Waals surface area (Å²) in [6.45, 7) is 8.01. The third kappa shape index (κ3) is 5.90. The lowest BCUT2D eigenvalue weighted by Crippen LogP contribution is -2.21. The van der Waals surface area contributed by atoms with Gasteiger partial charge in [-0.2, -0.15) is 8.78 Å². The summed E-state index contributed by atoms with van der Waals surface area (Å²) in [6.07, 6.45) is -2.62. The normalized spacial score (nSPS) is 20.8. The van der Waals surface area contributed by atoms with Crippen LogP contribution in [0.4, 0.5) is 26.3 Å². The number of alkyl halides is 4. The van der Waals surface area contributed by atoms with Crippen LogP contribution in [0.2, 0.25) is 0 Å². The van der Waals surface area contributed by atoms with E-state index >= 15 is 0 Å². The van der Waals surface area contributed by atoms with Crippen LogP contribution < -0.4 is 0 Å². The zero-order valence-corrected chi connectivity index (χ0v) is 16.4. The van der Waals surface area contributed by atoms with Gasteiger partial charge in [0.15, 0.2) is 11.9 Å². The highest BCUT2D eigenvalue weighted by atomic mass is 19.3. The summed E-state index contributed by atoms with van der Waals surface area (Å²) >= 11 is 0. The van der Waals surface area contributed by atoms with Gasteiger partial charge in [0.05, 0.1) is 5.56 Å². The molecule has 0 radical (unpaired) electrons. The van der Waals surface area contributed by atoms with E-state index in [2.05, 4.69) is 17.9 Å². The summed E-state index contributed by atoms with van der Waals surface area (Å²) in [7, 11) is 0. The van der Waals surface area contributed by atoms with E-state index in [1.54, 1.807) is 6.08 Å². The van der Waals surface area contributed by atoms with Crippen molar-refractivity contribution in [3.8, 4) is 0 Å². The highest BCUT2D eigenvalue weighted by Crippen LogP contribution is 2.35. The van der Waals surface area contributed by atoms with Gasteiger partial charge in [0.2, 0.25) is 0 Å². The molecule has 0 heterocycles. The molecule has 2 atom stereocenters. The van der Waals surface area contributed by atoms with E-state index in [9.17, 15) is 26.3 Å². The highest BCUT2D eigenvalue weighted by molar-refractivity contribution is 5.43. The van der Waals surface area contributed by atoms with Gasteiger partial charge in [0.1, 0.15) is 17.8 Å². The minimum absolute atomic E-state index is 0.152. The molecule has 0 bridgehead atoms. The van der Waals surface area contributed by atoms with E-state index < -0.39 is 41.4 Å². The van der Waals surface area contributed by atoms with Gasteiger partial charge in [0, 0.05) is 6.42 Å². The second-order valence-electron chi connectivity index (χ2n) is 6.87. The fraction of sp³-hybridized carbons (Fsp3) is 0.304. The molecule has 0 saturated heterocycles. The van der Waals surface area contributed by atoms with Crippen molar-refractivity contribution in [2.45, 2.75) is 44.6 Å². The van der Waals surface area contributed by atoms with Gasteiger partial charge in [-0.15, -0.1) is 6.58 Å². The monoisotopic (exact) mass is 428 g/mol. The van der Waals surface area contributed by atoms with Gasteiger partial charge in [-0.3, -0.25) is 0 Å². The molecule has 1 aliphatic carbocycles. The first-order chi connectivity index (χ1) is 14.0. The SMILES string of the molecule is C=CCCc1ccc(C(F)(F)OC(/C=C\C2=CC(F)C(F)CC2=C)=C(/C)F)cc1F. The first-order valence-corrected chi connectivity index (χ1v) is 9.24. The average molecular weight is 428 g/mol. The van der Waals surface area contributed by atoms with Crippen LogP contribution in [0.15, 0.2) is 78.4 Å². The molecule has 30 heavy (non-hydrogen) atoms. The Hall–Kier alpha value is -2.70. The number of benzene rings is 1. The van der Waals surface area contributed by atoms with Gasteiger partial charge in [-0.05, 0) is 60.8 Å². The number of rotatable bonds is 8. The maximum Gasteiger partial charge on any atom is 0.426 e. The third-order valence-corrected chi connectivity index (χ3v) is 4.53. The summed E-state index contributed by atoms with van der Waals surface area (Å²) in [6, 6.07) is 2.84. The van der Waals surface area contributed by atoms with Crippen molar-refractivity contribution in [1.82, 2.24) is 0 Å². The molecule has 0 amide bonds. The van der Waals surface area contributed by atoms with Gasteiger partial charge in [-0.25, -0.2) is 17.6 Å². The smallest absolute Gasteiger partial charge is 0.426 e. The fourth-order valence-corrected chi connectivity index (χ4v) is 2.80. The van der Waals surface area contributed by atoms with E-state index in [1.807, 2.05) is 0 Å². The first kappa shape index (κ1) is 23.6. The summed E-state index contributed by atoms with van der Waals surface area (Å²) in [5.74, 6) is -2.74. The molecule has 1 aliphatic rings. The number of hydrogen-bond donors (Lipinski definition) is 0. The average Bonchev–Trinajstić information content (AvgIpc) is 2.67. The summed E-state index contributed by atoms with van der Waals surface area (Å²) < 4.78 is 88.3. The first-order valence-electron chi connectivity index (χ1n) is 9.24. The number of ether oxygens (including phenoxy) is 1. The topological polar surface area (TPSA) is 9.23 Å². The Bertz CT molecular complexity index is 893. The Kier molecular flexibility index (Phi) is 7.76. The molecule has 7 heteroatoms. The molecule has 1 aromatic rings. The second-order valence-corrected chi connectivity index (χ2v) is 6.87. The molecule has 0 aliphatic heterocycles. The Labute approximate surface area is 171 Å². The molecule has 0 N–H and O–H groups in total. The number of aryl methyl sites for hydroxylation is 1. The quantitative estimate of drug-likeness (QED) is 0.182. The molecular formula is C23H22F6O. The maximum atomic E-state index is 14.5. The molecule has 0 saturated carbocycles. The Morgan fingerprint density at radius 1 is 1.30 bits per heavy atom. The van der Waals surface area contributed by atoms with Gasteiger partial charge < -0.3 is 4.74 Å². The van der Waals surface area contributed by atoms with E-state index in [-0.39, 0.29) is 23.1 Å². The van der Waals surface area contributed by atoms with E-state index in [0.717, 1.165) is 31.2 Å². The summed E-state index contributed by atoms with van der Waals surface area (Å²) in [5, 5.41) is 0. The predicted molar refractivity (Wildman–Crippen MR) is 104 cm³/mol. The number of halogens is 6. The third-order valence-electron chi connectivity index (χ3n) is 4.53. The van der Waals surface area contributed by atoms with Crippen LogP contribution in [0.25, 0.3) is 0 Å². The van der Waals surface area contributed by atoms with Crippen molar-refractivity contribution < 1.29 is 31.1 Å². The van der Waals surface area contributed by atoms with Crippen LogP contribution in [-0.4, -0.2) is 12.3 Å². The van der Waals surface area contributed by atoms with Crippen molar-refractivity contribution in [3.05, 3.63) is 95.3 Å². The van der Waals surface area contributed by atoms with Gasteiger partial charge in [0.25, 0.3) is 0 Å². The molecule has 1 nitrogen and oxygen atoms in total. The van der Waals surface area contributed by atoms with Crippen LogP contribution in [-0.2, 0) is 17.3 Å². The Morgan fingerprint density at radius 2 is 2.00 bits per heavy atom. The standard InChI is InChI=1S/C23H22F6O/c1-4-5-6-16-7-9-18(13-19(16)25)23(28,29)30-22(15(3)24)10-8-17-12-21(27)20(26)11-14(17)2/h4,7-10,12-13,20-21H,1-2,5-6,11H2,3H3/b10-8-,22-15-. The van der Waals surface area contributed by atoms with Crippen molar-refractivity contribution in [1.29, 1.82) is 0 Å². The van der Waals surface area contributed by atoms with Crippen molar-refractivity contribution in [2.24, 2.45) is 0 Å².